The Labute approximate surface area is 116 Å². The third kappa shape index (κ3) is 2.39. The molecule has 2 aliphatic rings. The number of H-pyrrole nitrogens is 1. The van der Waals surface area contributed by atoms with E-state index in [4.69, 9.17) is 5.73 Å². The molecule has 0 radical (unpaired) electrons. The first-order valence-corrected chi connectivity index (χ1v) is 8.00. The lowest BCUT2D eigenvalue weighted by molar-refractivity contribution is 0.154. The van der Waals surface area contributed by atoms with Gasteiger partial charge in [-0.25, -0.2) is 0 Å². The first-order chi connectivity index (χ1) is 9.16. The van der Waals surface area contributed by atoms with Gasteiger partial charge in [0.25, 0.3) is 0 Å². The van der Waals surface area contributed by atoms with Crippen LogP contribution in [0.2, 0.25) is 0 Å². The van der Waals surface area contributed by atoms with E-state index in [0.717, 1.165) is 17.7 Å². The number of fused-ring (bicyclic) bond motifs is 1. The summed E-state index contributed by atoms with van der Waals surface area (Å²) in [5, 5.41) is 7.52. The number of aromatic nitrogens is 2. The first-order valence-electron chi connectivity index (χ1n) is 8.00. The Morgan fingerprint density at radius 3 is 2.58 bits per heavy atom. The van der Waals surface area contributed by atoms with Gasteiger partial charge in [0.15, 0.2) is 0 Å². The van der Waals surface area contributed by atoms with E-state index in [9.17, 15) is 0 Å². The van der Waals surface area contributed by atoms with Crippen LogP contribution in [0.1, 0.15) is 81.9 Å². The second kappa shape index (κ2) is 5.18. The number of nitrogens with one attached hydrogen (secondary N) is 1. The first kappa shape index (κ1) is 13.0. The zero-order valence-corrected chi connectivity index (χ0v) is 12.3. The van der Waals surface area contributed by atoms with Crippen molar-refractivity contribution in [2.75, 3.05) is 5.73 Å². The highest BCUT2D eigenvalue weighted by atomic mass is 15.2. The van der Waals surface area contributed by atoms with Crippen molar-refractivity contribution in [3.8, 4) is 0 Å². The van der Waals surface area contributed by atoms with Gasteiger partial charge >= 0.3 is 0 Å². The van der Waals surface area contributed by atoms with Crippen molar-refractivity contribution in [2.45, 2.75) is 70.6 Å². The van der Waals surface area contributed by atoms with Crippen molar-refractivity contribution in [2.24, 2.45) is 11.8 Å². The summed E-state index contributed by atoms with van der Waals surface area (Å²) in [6.45, 7) is 4.44. The number of nitrogens with zero attached hydrogens (tertiary/aromatic N) is 1. The highest BCUT2D eigenvalue weighted by molar-refractivity contribution is 5.45. The molecule has 1 heterocycles. The number of nitrogen functional groups attached to an aromatic ring is 1. The summed E-state index contributed by atoms with van der Waals surface area (Å²) in [5.74, 6) is 3.82. The lowest BCUT2D eigenvalue weighted by Crippen LogP contribution is -2.27. The van der Waals surface area contributed by atoms with E-state index in [1.165, 1.54) is 56.2 Å². The van der Waals surface area contributed by atoms with Crippen molar-refractivity contribution in [3.63, 3.8) is 0 Å². The van der Waals surface area contributed by atoms with E-state index >= 15 is 0 Å². The molecule has 3 rings (SSSR count). The third-order valence-electron chi connectivity index (χ3n) is 5.39. The SMILES string of the molecule is CC(C)c1c(N)n[nH]c1C1CCC2CCCCC2C1. The Hall–Kier alpha value is -0.990. The molecule has 2 aliphatic carbocycles. The minimum atomic E-state index is 0.470. The number of anilines is 1. The topological polar surface area (TPSA) is 54.7 Å². The average molecular weight is 261 g/mol. The minimum Gasteiger partial charge on any atom is -0.382 e. The molecule has 2 fully saturated rings. The maximum atomic E-state index is 6.04. The van der Waals surface area contributed by atoms with E-state index in [2.05, 4.69) is 24.0 Å². The molecule has 3 atom stereocenters. The lowest BCUT2D eigenvalue weighted by Gasteiger charge is -2.39. The van der Waals surface area contributed by atoms with Gasteiger partial charge < -0.3 is 5.73 Å². The average Bonchev–Trinajstić information content (AvgIpc) is 2.80. The molecule has 0 spiro atoms. The third-order valence-corrected chi connectivity index (χ3v) is 5.39. The monoisotopic (exact) mass is 261 g/mol. The maximum Gasteiger partial charge on any atom is 0.148 e. The van der Waals surface area contributed by atoms with E-state index in [1.54, 1.807) is 0 Å². The fourth-order valence-electron chi connectivity index (χ4n) is 4.43. The Morgan fingerprint density at radius 1 is 1.11 bits per heavy atom. The Morgan fingerprint density at radius 2 is 1.84 bits per heavy atom. The zero-order valence-electron chi connectivity index (χ0n) is 12.3. The minimum absolute atomic E-state index is 0.470. The molecule has 0 bridgehead atoms. The summed E-state index contributed by atoms with van der Waals surface area (Å²) in [4.78, 5) is 0. The molecular weight excluding hydrogens is 234 g/mol. The smallest absolute Gasteiger partial charge is 0.148 e. The molecule has 3 heteroatoms. The molecule has 3 unspecified atom stereocenters. The van der Waals surface area contributed by atoms with Gasteiger partial charge in [-0.3, -0.25) is 5.10 Å². The van der Waals surface area contributed by atoms with Crippen molar-refractivity contribution >= 4 is 5.82 Å². The van der Waals surface area contributed by atoms with Gasteiger partial charge in [0, 0.05) is 17.2 Å². The standard InChI is InChI=1S/C16H27N3/c1-10(2)14-15(18-19-16(14)17)13-8-7-11-5-3-4-6-12(11)9-13/h10-13H,3-9H2,1-2H3,(H3,17,18,19). The van der Waals surface area contributed by atoms with Gasteiger partial charge in [-0.1, -0.05) is 39.5 Å². The fourth-order valence-corrected chi connectivity index (χ4v) is 4.43. The van der Waals surface area contributed by atoms with Crippen LogP contribution >= 0.6 is 0 Å². The van der Waals surface area contributed by atoms with Crippen LogP contribution in [0.4, 0.5) is 5.82 Å². The predicted molar refractivity (Wildman–Crippen MR) is 79.1 cm³/mol. The van der Waals surface area contributed by atoms with Crippen molar-refractivity contribution < 1.29 is 0 Å². The van der Waals surface area contributed by atoms with Crippen LogP contribution in [0.3, 0.4) is 0 Å². The van der Waals surface area contributed by atoms with Crippen LogP contribution in [0.25, 0.3) is 0 Å². The quantitative estimate of drug-likeness (QED) is 0.838. The van der Waals surface area contributed by atoms with E-state index in [1.807, 2.05) is 0 Å². The Kier molecular flexibility index (Phi) is 3.55. The molecular formula is C16H27N3. The molecule has 0 aromatic carbocycles. The van der Waals surface area contributed by atoms with Crippen LogP contribution in [0, 0.1) is 11.8 Å². The van der Waals surface area contributed by atoms with Crippen LogP contribution in [-0.4, -0.2) is 10.2 Å². The molecule has 0 saturated heterocycles. The highest BCUT2D eigenvalue weighted by Crippen LogP contribution is 2.47. The van der Waals surface area contributed by atoms with Gasteiger partial charge in [-0.2, -0.15) is 5.10 Å². The number of aromatic amines is 1. The second-order valence-electron chi connectivity index (χ2n) is 6.91. The molecule has 0 aliphatic heterocycles. The molecule has 19 heavy (non-hydrogen) atoms. The van der Waals surface area contributed by atoms with Crippen molar-refractivity contribution in [3.05, 3.63) is 11.3 Å². The molecule has 0 amide bonds. The molecule has 2 saturated carbocycles. The van der Waals surface area contributed by atoms with Gasteiger partial charge in [0.05, 0.1) is 0 Å². The normalized spacial score (nSPS) is 31.4. The second-order valence-corrected chi connectivity index (χ2v) is 6.91. The van der Waals surface area contributed by atoms with E-state index in [-0.39, 0.29) is 0 Å². The lowest BCUT2D eigenvalue weighted by atomic mass is 9.66. The van der Waals surface area contributed by atoms with E-state index < -0.39 is 0 Å². The molecule has 1 aromatic heterocycles. The molecule has 3 nitrogen and oxygen atoms in total. The predicted octanol–water partition coefficient (Wildman–Crippen LogP) is 4.19. The van der Waals surface area contributed by atoms with Gasteiger partial charge in [0.1, 0.15) is 5.82 Å². The summed E-state index contributed by atoms with van der Waals surface area (Å²) < 4.78 is 0. The summed E-state index contributed by atoms with van der Waals surface area (Å²) in [7, 11) is 0. The van der Waals surface area contributed by atoms with E-state index in [0.29, 0.717) is 11.8 Å². The summed E-state index contributed by atoms with van der Waals surface area (Å²) in [6, 6.07) is 0. The van der Waals surface area contributed by atoms with Crippen LogP contribution in [0.5, 0.6) is 0 Å². The van der Waals surface area contributed by atoms with Crippen LogP contribution in [-0.2, 0) is 0 Å². The van der Waals surface area contributed by atoms with Gasteiger partial charge in [0.2, 0.25) is 0 Å². The molecule has 1 aromatic rings. The Bertz CT molecular complexity index is 435. The molecule has 106 valence electrons. The van der Waals surface area contributed by atoms with Crippen molar-refractivity contribution in [1.29, 1.82) is 0 Å². The van der Waals surface area contributed by atoms with Crippen molar-refractivity contribution in [1.82, 2.24) is 10.2 Å². The van der Waals surface area contributed by atoms with Gasteiger partial charge in [-0.15, -0.1) is 0 Å². The number of nitrogens with two attached hydrogens (primary N) is 1. The Balaban J connectivity index is 1.79. The summed E-state index contributed by atoms with van der Waals surface area (Å²) in [6.07, 6.45) is 9.90. The molecule has 3 N–H and O–H groups in total. The summed E-state index contributed by atoms with van der Waals surface area (Å²) >= 11 is 0. The number of hydrogen-bond donors (Lipinski definition) is 2. The van der Waals surface area contributed by atoms with Gasteiger partial charge in [-0.05, 0) is 37.0 Å². The maximum absolute atomic E-state index is 6.04. The fraction of sp³-hybridized carbons (Fsp3) is 0.812. The zero-order chi connectivity index (χ0) is 13.4. The van der Waals surface area contributed by atoms with Crippen LogP contribution < -0.4 is 5.73 Å². The highest BCUT2D eigenvalue weighted by Gasteiger charge is 2.34. The number of hydrogen-bond acceptors (Lipinski definition) is 2. The number of rotatable bonds is 2. The largest absolute Gasteiger partial charge is 0.382 e. The summed E-state index contributed by atoms with van der Waals surface area (Å²) in [5.41, 5.74) is 8.66. The van der Waals surface area contributed by atoms with Crippen LogP contribution in [0.15, 0.2) is 0 Å².